The minimum absolute atomic E-state index is 0.0275. The number of aliphatic hydroxyl groups excluding tert-OH is 1. The van der Waals surface area contributed by atoms with Crippen LogP contribution in [0.2, 0.25) is 0 Å². The largest absolute Gasteiger partial charge is 0.395 e. The van der Waals surface area contributed by atoms with Gasteiger partial charge in [0, 0.05) is 50.2 Å². The molecule has 1 aromatic carbocycles. The van der Waals surface area contributed by atoms with Crippen LogP contribution in [0.15, 0.2) is 48.7 Å². The van der Waals surface area contributed by atoms with Crippen LogP contribution in [0.3, 0.4) is 0 Å². The van der Waals surface area contributed by atoms with Gasteiger partial charge in [-0.15, -0.1) is 5.10 Å². The molecule has 1 aliphatic heterocycles. The third-order valence-corrected chi connectivity index (χ3v) is 4.99. The maximum absolute atomic E-state index is 12.8. The van der Waals surface area contributed by atoms with E-state index in [1.807, 2.05) is 18.2 Å². The number of carbonyl (C=O) groups is 1. The average molecular weight is 393 g/mol. The molecule has 0 radical (unpaired) electrons. The fraction of sp³-hybridized carbons (Fsp3) is 0.300. The molecule has 1 fully saturated rings. The van der Waals surface area contributed by atoms with Crippen molar-refractivity contribution in [3.63, 3.8) is 0 Å². The molecule has 150 valence electrons. The highest BCUT2D eigenvalue weighted by molar-refractivity contribution is 5.97. The van der Waals surface area contributed by atoms with Crippen LogP contribution in [0.25, 0.3) is 11.5 Å². The van der Waals surface area contributed by atoms with Crippen molar-refractivity contribution >= 4 is 17.5 Å². The molecule has 3 aromatic rings. The third kappa shape index (κ3) is 4.10. The number of pyridine rings is 1. The lowest BCUT2D eigenvalue weighted by atomic mass is 10.1. The second kappa shape index (κ2) is 8.38. The molecule has 0 atom stereocenters. The number of nitrogens with two attached hydrogens (primary N) is 1. The van der Waals surface area contributed by atoms with Crippen molar-refractivity contribution in [2.75, 3.05) is 50.0 Å². The van der Waals surface area contributed by atoms with Gasteiger partial charge in [0.05, 0.1) is 6.61 Å². The van der Waals surface area contributed by atoms with E-state index in [2.05, 4.69) is 24.9 Å². The molecule has 9 nitrogen and oxygen atoms in total. The molecule has 29 heavy (non-hydrogen) atoms. The topological polar surface area (TPSA) is 113 Å². The molecule has 3 N–H and O–H groups in total. The molecule has 1 saturated heterocycles. The summed E-state index contributed by atoms with van der Waals surface area (Å²) in [6.07, 6.45) is 1.64. The molecule has 0 aliphatic carbocycles. The van der Waals surface area contributed by atoms with Crippen molar-refractivity contribution in [1.82, 2.24) is 24.6 Å². The molecular weight excluding hydrogens is 370 g/mol. The van der Waals surface area contributed by atoms with Crippen LogP contribution < -0.4 is 10.6 Å². The van der Waals surface area contributed by atoms with Gasteiger partial charge in [-0.05, 0) is 36.4 Å². The summed E-state index contributed by atoms with van der Waals surface area (Å²) in [5.41, 5.74) is 8.01. The number of benzene rings is 1. The van der Waals surface area contributed by atoms with E-state index in [0.717, 1.165) is 36.5 Å². The molecule has 0 saturated carbocycles. The molecule has 0 bridgehead atoms. The number of nitrogen functional groups attached to an aromatic ring is 1. The van der Waals surface area contributed by atoms with Gasteiger partial charge in [-0.3, -0.25) is 14.7 Å². The molecule has 0 spiro atoms. The van der Waals surface area contributed by atoms with E-state index in [-0.39, 0.29) is 18.5 Å². The smallest absolute Gasteiger partial charge is 0.281 e. The minimum Gasteiger partial charge on any atom is -0.395 e. The molecular formula is C20H23N7O2. The van der Waals surface area contributed by atoms with Crippen molar-refractivity contribution in [2.45, 2.75) is 0 Å². The standard InChI is InChI=1S/C20H23N7O2/c21-20-23-18(17-3-1-2-8-22-17)24-27(20)19(29)15-4-6-16(7-5-15)26-11-9-25(10-12-26)13-14-28/h1-8,28H,9-14H2,(H2,21,23,24). The van der Waals surface area contributed by atoms with E-state index in [1.165, 1.54) is 0 Å². The van der Waals surface area contributed by atoms with E-state index < -0.39 is 0 Å². The summed E-state index contributed by atoms with van der Waals surface area (Å²) >= 11 is 0. The van der Waals surface area contributed by atoms with Gasteiger partial charge in [0.1, 0.15) is 5.69 Å². The van der Waals surface area contributed by atoms with E-state index in [1.54, 1.807) is 30.5 Å². The van der Waals surface area contributed by atoms with Crippen molar-refractivity contribution in [1.29, 1.82) is 0 Å². The minimum atomic E-state index is -0.337. The number of carbonyl (C=O) groups excluding carboxylic acids is 1. The Labute approximate surface area is 168 Å². The highest BCUT2D eigenvalue weighted by Crippen LogP contribution is 2.19. The summed E-state index contributed by atoms with van der Waals surface area (Å²) in [6.45, 7) is 4.49. The lowest BCUT2D eigenvalue weighted by Gasteiger charge is -2.35. The zero-order chi connectivity index (χ0) is 20.2. The summed E-state index contributed by atoms with van der Waals surface area (Å²) in [5.74, 6) is 0.00468. The third-order valence-electron chi connectivity index (χ3n) is 4.99. The normalized spacial score (nSPS) is 14.9. The van der Waals surface area contributed by atoms with Crippen molar-refractivity contribution < 1.29 is 9.90 Å². The van der Waals surface area contributed by atoms with Gasteiger partial charge in [0.2, 0.25) is 11.8 Å². The lowest BCUT2D eigenvalue weighted by molar-refractivity contribution is 0.0948. The first-order valence-corrected chi connectivity index (χ1v) is 9.52. The first-order chi connectivity index (χ1) is 14.2. The predicted molar refractivity (Wildman–Crippen MR) is 110 cm³/mol. The first-order valence-electron chi connectivity index (χ1n) is 9.52. The number of piperazine rings is 1. The average Bonchev–Trinajstić information content (AvgIpc) is 3.16. The Morgan fingerprint density at radius 2 is 1.83 bits per heavy atom. The van der Waals surface area contributed by atoms with E-state index in [0.29, 0.717) is 23.6 Å². The van der Waals surface area contributed by atoms with Crippen molar-refractivity contribution in [3.05, 3.63) is 54.2 Å². The van der Waals surface area contributed by atoms with E-state index >= 15 is 0 Å². The highest BCUT2D eigenvalue weighted by Gasteiger charge is 2.19. The number of rotatable bonds is 5. The number of aliphatic hydroxyl groups is 1. The van der Waals surface area contributed by atoms with Gasteiger partial charge in [-0.1, -0.05) is 6.07 Å². The van der Waals surface area contributed by atoms with Crippen LogP contribution >= 0.6 is 0 Å². The Kier molecular flexibility index (Phi) is 5.50. The summed E-state index contributed by atoms with van der Waals surface area (Å²) < 4.78 is 1.10. The molecule has 4 rings (SSSR count). The lowest BCUT2D eigenvalue weighted by Crippen LogP contribution is -2.47. The Balaban J connectivity index is 1.47. The molecule has 1 aliphatic rings. The van der Waals surface area contributed by atoms with Gasteiger partial charge in [-0.2, -0.15) is 9.67 Å². The number of hydrogen-bond donors (Lipinski definition) is 2. The molecule has 3 heterocycles. The van der Waals surface area contributed by atoms with Crippen molar-refractivity contribution in [3.8, 4) is 11.5 Å². The number of β-amino-alcohol motifs (C(OH)–C–C–N with tert-alkyl or cyclic N) is 1. The second-order valence-electron chi connectivity index (χ2n) is 6.82. The summed E-state index contributed by atoms with van der Waals surface area (Å²) in [7, 11) is 0. The predicted octanol–water partition coefficient (Wildman–Crippen LogP) is 0.725. The van der Waals surface area contributed by atoms with Crippen LogP contribution in [0.5, 0.6) is 0 Å². The molecule has 0 amide bonds. The molecule has 9 heteroatoms. The fourth-order valence-corrected chi connectivity index (χ4v) is 3.39. The van der Waals surface area contributed by atoms with Crippen LogP contribution in [0.1, 0.15) is 10.4 Å². The summed E-state index contributed by atoms with van der Waals surface area (Å²) in [6, 6.07) is 12.8. The zero-order valence-electron chi connectivity index (χ0n) is 16.0. The zero-order valence-corrected chi connectivity index (χ0v) is 16.0. The monoisotopic (exact) mass is 393 g/mol. The number of anilines is 2. The molecule has 0 unspecified atom stereocenters. The molecule has 2 aromatic heterocycles. The van der Waals surface area contributed by atoms with Gasteiger partial charge >= 0.3 is 0 Å². The van der Waals surface area contributed by atoms with Crippen LogP contribution in [0, 0.1) is 0 Å². The fourth-order valence-electron chi connectivity index (χ4n) is 3.39. The Hall–Kier alpha value is -3.30. The van der Waals surface area contributed by atoms with E-state index in [9.17, 15) is 4.79 Å². The Morgan fingerprint density at radius 1 is 1.07 bits per heavy atom. The van der Waals surface area contributed by atoms with Crippen LogP contribution in [-0.4, -0.2) is 75.0 Å². The highest BCUT2D eigenvalue weighted by atomic mass is 16.3. The summed E-state index contributed by atoms with van der Waals surface area (Å²) in [4.78, 5) is 25.7. The number of nitrogens with zero attached hydrogens (tertiary/aromatic N) is 6. The SMILES string of the molecule is Nc1nc(-c2ccccn2)nn1C(=O)c1ccc(N2CCN(CCO)CC2)cc1. The van der Waals surface area contributed by atoms with Gasteiger partial charge < -0.3 is 15.7 Å². The number of hydrogen-bond acceptors (Lipinski definition) is 8. The van der Waals surface area contributed by atoms with Gasteiger partial charge in [-0.25, -0.2) is 0 Å². The van der Waals surface area contributed by atoms with Crippen LogP contribution in [-0.2, 0) is 0 Å². The maximum Gasteiger partial charge on any atom is 0.281 e. The first kappa shape index (κ1) is 19.0. The Bertz CT molecular complexity index is 964. The van der Waals surface area contributed by atoms with E-state index in [4.69, 9.17) is 10.8 Å². The Morgan fingerprint density at radius 3 is 2.48 bits per heavy atom. The summed E-state index contributed by atoms with van der Waals surface area (Å²) in [5, 5.41) is 13.3. The number of aromatic nitrogens is 4. The van der Waals surface area contributed by atoms with Gasteiger partial charge in [0.25, 0.3) is 5.91 Å². The second-order valence-corrected chi connectivity index (χ2v) is 6.82. The quantitative estimate of drug-likeness (QED) is 0.652. The maximum atomic E-state index is 12.8. The van der Waals surface area contributed by atoms with Gasteiger partial charge in [0.15, 0.2) is 0 Å². The van der Waals surface area contributed by atoms with Crippen molar-refractivity contribution in [2.24, 2.45) is 0 Å². The van der Waals surface area contributed by atoms with Crippen LogP contribution in [0.4, 0.5) is 11.6 Å².